The van der Waals surface area contributed by atoms with E-state index in [1.54, 1.807) is 29.7 Å². The lowest BCUT2D eigenvalue weighted by Gasteiger charge is -2.12. The van der Waals surface area contributed by atoms with Crippen molar-refractivity contribution >= 4 is 38.8 Å². The lowest BCUT2D eigenvalue weighted by Crippen LogP contribution is -2.33. The van der Waals surface area contributed by atoms with Crippen molar-refractivity contribution in [3.8, 4) is 10.4 Å². The quantitative estimate of drug-likeness (QED) is 0.569. The van der Waals surface area contributed by atoms with Crippen LogP contribution in [0, 0.1) is 0 Å². The van der Waals surface area contributed by atoms with E-state index in [2.05, 4.69) is 10.3 Å². The van der Waals surface area contributed by atoms with E-state index in [1.165, 1.54) is 22.2 Å². The van der Waals surface area contributed by atoms with Crippen molar-refractivity contribution < 1.29 is 9.21 Å². The van der Waals surface area contributed by atoms with Crippen molar-refractivity contribution in [2.45, 2.75) is 19.5 Å². The van der Waals surface area contributed by atoms with Gasteiger partial charge in [0.05, 0.1) is 24.0 Å². The molecule has 0 aromatic carbocycles. The van der Waals surface area contributed by atoms with Gasteiger partial charge in [0.15, 0.2) is 0 Å². The third kappa shape index (κ3) is 3.09. The number of rotatable bonds is 5. The summed E-state index contributed by atoms with van der Waals surface area (Å²) in [6.45, 7) is 1.74. The molecule has 0 spiro atoms. The Morgan fingerprint density at radius 2 is 2.23 bits per heavy atom. The molecule has 0 aliphatic carbocycles. The molecule has 0 aliphatic rings. The largest absolute Gasteiger partial charge is 0.467 e. The second-order valence-corrected chi connectivity index (χ2v) is 7.59. The third-order valence-electron chi connectivity index (χ3n) is 4.01. The molecule has 0 radical (unpaired) electrons. The Bertz CT molecular complexity index is 1090. The molecular formula is C18H15N3O3S2. The van der Waals surface area contributed by atoms with Crippen LogP contribution in [0.25, 0.3) is 20.7 Å². The summed E-state index contributed by atoms with van der Waals surface area (Å²) in [6.07, 6.45) is 2.99. The average Bonchev–Trinajstić information content (AvgIpc) is 3.38. The van der Waals surface area contributed by atoms with E-state index in [0.29, 0.717) is 16.0 Å². The zero-order valence-electron chi connectivity index (χ0n) is 13.8. The van der Waals surface area contributed by atoms with Crippen LogP contribution < -0.4 is 10.9 Å². The molecule has 0 unspecified atom stereocenters. The number of amides is 1. The van der Waals surface area contributed by atoms with Crippen LogP contribution in [0.5, 0.6) is 0 Å². The standard InChI is InChI=1S/C18H15N3O3S2/c1-11(13-4-2-6-24-13)20-15(22)8-21-10-19-17-16(18(21)23)12(9-26-17)14-5-3-7-25-14/h2-7,9-11H,8H2,1H3,(H,20,22)/t11-/m1/s1. The summed E-state index contributed by atoms with van der Waals surface area (Å²) in [7, 11) is 0. The fraction of sp³-hybridized carbons (Fsp3) is 0.167. The molecule has 4 rings (SSSR count). The van der Waals surface area contributed by atoms with Crippen LogP contribution in [-0.2, 0) is 11.3 Å². The van der Waals surface area contributed by atoms with Crippen LogP contribution in [0.1, 0.15) is 18.7 Å². The number of thiophene rings is 2. The Balaban J connectivity index is 1.61. The second kappa shape index (κ2) is 6.89. The minimum atomic E-state index is -0.273. The predicted octanol–water partition coefficient (Wildman–Crippen LogP) is 3.66. The van der Waals surface area contributed by atoms with Crippen molar-refractivity contribution in [3.05, 3.63) is 63.7 Å². The van der Waals surface area contributed by atoms with E-state index in [9.17, 15) is 9.59 Å². The van der Waals surface area contributed by atoms with Crippen molar-refractivity contribution in [2.75, 3.05) is 0 Å². The first-order valence-electron chi connectivity index (χ1n) is 7.97. The molecule has 4 aromatic rings. The summed E-state index contributed by atoms with van der Waals surface area (Å²) in [6, 6.07) is 7.21. The third-order valence-corrected chi connectivity index (χ3v) is 5.80. The fourth-order valence-corrected chi connectivity index (χ4v) is 4.46. The van der Waals surface area contributed by atoms with E-state index in [0.717, 1.165) is 10.4 Å². The Kier molecular flexibility index (Phi) is 4.44. The highest BCUT2D eigenvalue weighted by Gasteiger charge is 2.16. The Morgan fingerprint density at radius 1 is 1.35 bits per heavy atom. The molecule has 1 atom stereocenters. The smallest absolute Gasteiger partial charge is 0.263 e. The van der Waals surface area contributed by atoms with Gasteiger partial charge in [-0.3, -0.25) is 14.2 Å². The van der Waals surface area contributed by atoms with Crippen molar-refractivity contribution in [1.29, 1.82) is 0 Å². The lowest BCUT2D eigenvalue weighted by molar-refractivity contribution is -0.122. The zero-order valence-corrected chi connectivity index (χ0v) is 15.5. The monoisotopic (exact) mass is 385 g/mol. The van der Waals surface area contributed by atoms with Crippen molar-refractivity contribution in [3.63, 3.8) is 0 Å². The molecule has 1 N–H and O–H groups in total. The number of furan rings is 1. The molecule has 26 heavy (non-hydrogen) atoms. The number of hydrogen-bond acceptors (Lipinski definition) is 6. The molecule has 0 bridgehead atoms. The van der Waals surface area contributed by atoms with E-state index < -0.39 is 0 Å². The van der Waals surface area contributed by atoms with Crippen molar-refractivity contribution in [1.82, 2.24) is 14.9 Å². The van der Waals surface area contributed by atoms with Crippen LogP contribution in [0.15, 0.2) is 56.8 Å². The van der Waals surface area contributed by atoms with Gasteiger partial charge in [0.1, 0.15) is 17.1 Å². The summed E-state index contributed by atoms with van der Waals surface area (Å²) in [5, 5.41) is 7.30. The van der Waals surface area contributed by atoms with E-state index in [-0.39, 0.29) is 24.1 Å². The Hall–Kier alpha value is -2.71. The van der Waals surface area contributed by atoms with Gasteiger partial charge in [0, 0.05) is 15.8 Å². The predicted molar refractivity (Wildman–Crippen MR) is 102 cm³/mol. The number of aromatic nitrogens is 2. The van der Waals surface area contributed by atoms with Gasteiger partial charge in [-0.25, -0.2) is 4.98 Å². The van der Waals surface area contributed by atoms with Gasteiger partial charge < -0.3 is 9.73 Å². The summed E-state index contributed by atoms with van der Waals surface area (Å²) < 4.78 is 6.62. The SMILES string of the molecule is C[C@@H](NC(=O)Cn1cnc2scc(-c3cccs3)c2c1=O)c1ccco1. The number of nitrogens with one attached hydrogen (secondary N) is 1. The Morgan fingerprint density at radius 3 is 2.96 bits per heavy atom. The number of nitrogens with zero attached hydrogens (tertiary/aromatic N) is 2. The molecule has 4 heterocycles. The van der Waals surface area contributed by atoms with Crippen LogP contribution >= 0.6 is 22.7 Å². The lowest BCUT2D eigenvalue weighted by atomic mass is 10.2. The van der Waals surface area contributed by atoms with Gasteiger partial charge in [-0.05, 0) is 30.5 Å². The summed E-state index contributed by atoms with van der Waals surface area (Å²) >= 11 is 3.00. The summed E-state index contributed by atoms with van der Waals surface area (Å²) in [5.41, 5.74) is 0.664. The van der Waals surface area contributed by atoms with Gasteiger partial charge in [-0.2, -0.15) is 0 Å². The van der Waals surface area contributed by atoms with E-state index >= 15 is 0 Å². The minimum Gasteiger partial charge on any atom is -0.467 e. The maximum Gasteiger partial charge on any atom is 0.263 e. The van der Waals surface area contributed by atoms with Gasteiger partial charge in [0.2, 0.25) is 5.91 Å². The Labute approximate surface area is 156 Å². The summed E-state index contributed by atoms with van der Waals surface area (Å²) in [5.74, 6) is 0.391. The molecule has 0 saturated carbocycles. The first-order valence-corrected chi connectivity index (χ1v) is 9.72. The average molecular weight is 385 g/mol. The maximum atomic E-state index is 12.9. The van der Waals surface area contributed by atoms with Crippen molar-refractivity contribution in [2.24, 2.45) is 0 Å². The normalized spacial score (nSPS) is 12.3. The minimum absolute atomic E-state index is 0.0907. The van der Waals surface area contributed by atoms with E-state index in [4.69, 9.17) is 4.42 Å². The molecule has 4 aromatic heterocycles. The van der Waals surface area contributed by atoms with Gasteiger partial charge in [0.25, 0.3) is 5.56 Å². The molecular weight excluding hydrogens is 370 g/mol. The number of carbonyl (C=O) groups is 1. The first kappa shape index (κ1) is 16.7. The maximum absolute atomic E-state index is 12.9. The molecule has 132 valence electrons. The van der Waals surface area contributed by atoms with Gasteiger partial charge in [-0.15, -0.1) is 22.7 Å². The van der Waals surface area contributed by atoms with Gasteiger partial charge >= 0.3 is 0 Å². The molecule has 0 fully saturated rings. The first-order chi connectivity index (χ1) is 12.6. The fourth-order valence-electron chi connectivity index (χ4n) is 2.74. The van der Waals surface area contributed by atoms with Crippen LogP contribution in [0.2, 0.25) is 0 Å². The topological polar surface area (TPSA) is 77.1 Å². The molecule has 1 amide bonds. The highest BCUT2D eigenvalue weighted by molar-refractivity contribution is 7.18. The van der Waals surface area contributed by atoms with E-state index in [1.807, 2.05) is 29.8 Å². The molecule has 6 nitrogen and oxygen atoms in total. The van der Waals surface area contributed by atoms with Crippen LogP contribution in [0.3, 0.4) is 0 Å². The highest BCUT2D eigenvalue weighted by Crippen LogP contribution is 2.33. The number of carbonyl (C=O) groups excluding carboxylic acids is 1. The van der Waals surface area contributed by atoms with Crippen LogP contribution in [-0.4, -0.2) is 15.5 Å². The number of fused-ring (bicyclic) bond motifs is 1. The second-order valence-electron chi connectivity index (χ2n) is 5.79. The highest BCUT2D eigenvalue weighted by atomic mass is 32.1. The van der Waals surface area contributed by atoms with Crippen LogP contribution in [0.4, 0.5) is 0 Å². The molecule has 0 saturated heterocycles. The zero-order chi connectivity index (χ0) is 18.1. The van der Waals surface area contributed by atoms with Gasteiger partial charge in [-0.1, -0.05) is 6.07 Å². The molecule has 0 aliphatic heterocycles. The summed E-state index contributed by atoms with van der Waals surface area (Å²) in [4.78, 5) is 31.3. The molecule has 8 heteroatoms. The number of hydrogen-bond donors (Lipinski definition) is 1.